The lowest BCUT2D eigenvalue weighted by Crippen LogP contribution is -2.47. The van der Waals surface area contributed by atoms with Crippen LogP contribution in [0.2, 0.25) is 0 Å². The fraction of sp³-hybridized carbons (Fsp3) is 0.526. The molecule has 6 saturated carbocycles. The van der Waals surface area contributed by atoms with Crippen LogP contribution in [0.25, 0.3) is 11.8 Å². The van der Waals surface area contributed by atoms with Crippen molar-refractivity contribution in [3.05, 3.63) is 229 Å². The molecule has 6 fully saturated rings. The van der Waals surface area contributed by atoms with Crippen LogP contribution in [-0.4, -0.2) is 86.8 Å². The Balaban J connectivity index is 0.000000138. The lowest BCUT2D eigenvalue weighted by atomic mass is 9.84. The number of esters is 2. The molecule has 628 valence electrons. The Morgan fingerprint density at radius 3 is 1.41 bits per heavy atom. The molecular weight excluding hydrogens is 1520 g/mol. The summed E-state index contributed by atoms with van der Waals surface area (Å²) in [5.41, 5.74) is 11.7. The number of hydrogen-bond acceptors (Lipinski definition) is 11. The molecule has 7 unspecified atom stereocenters. The average Bonchev–Trinajstić information content (AvgIpc) is 1.61. The highest BCUT2D eigenvalue weighted by Gasteiger charge is 2.54. The van der Waals surface area contributed by atoms with Gasteiger partial charge in [0.2, 0.25) is 10.0 Å². The van der Waals surface area contributed by atoms with E-state index in [1.807, 2.05) is 62.4 Å². The van der Waals surface area contributed by atoms with Crippen LogP contribution in [0, 0.1) is 64.6 Å². The molecule has 0 aliphatic heterocycles. The van der Waals surface area contributed by atoms with Gasteiger partial charge in [0.25, 0.3) is 11.8 Å². The number of nitrogens with zero attached hydrogens (tertiary/aromatic N) is 6. The minimum absolute atomic E-state index is 0.0852. The molecule has 8 aromatic rings. The highest BCUT2D eigenvalue weighted by Crippen LogP contribution is 2.52. The molecule has 23 heteroatoms. The van der Waals surface area contributed by atoms with Gasteiger partial charge in [-0.25, -0.2) is 39.8 Å². The lowest BCUT2D eigenvalue weighted by Gasteiger charge is -2.30. The predicted octanol–water partition coefficient (Wildman–Crippen LogP) is 19.6. The van der Waals surface area contributed by atoms with E-state index in [2.05, 4.69) is 29.8 Å². The first-order valence-corrected chi connectivity index (χ1v) is 45.5. The molecular formula is C95H114F5N9O8S. The van der Waals surface area contributed by atoms with E-state index in [-0.39, 0.29) is 88.6 Å². The number of amides is 2. The Morgan fingerprint density at radius 1 is 0.475 bits per heavy atom. The minimum Gasteiger partial charge on any atom is -0.466 e. The fourth-order valence-electron chi connectivity index (χ4n) is 21.7. The minimum atomic E-state index is -3.84. The Hall–Kier alpha value is -9.09. The topological polar surface area (TPSA) is 210 Å². The summed E-state index contributed by atoms with van der Waals surface area (Å²) < 4.78 is 115. The molecule has 5 aromatic carbocycles. The summed E-state index contributed by atoms with van der Waals surface area (Å²) in [4.78, 5) is 53.8. The molecule has 9 aliphatic rings. The van der Waals surface area contributed by atoms with E-state index in [9.17, 15) is 45.2 Å². The molecule has 3 aromatic heterocycles. The first kappa shape index (κ1) is 83.9. The fourth-order valence-corrected chi connectivity index (χ4v) is 22.7. The normalized spacial score (nSPS) is 24.5. The van der Waals surface area contributed by atoms with E-state index in [1.54, 1.807) is 43.3 Å². The van der Waals surface area contributed by atoms with Crippen molar-refractivity contribution in [2.75, 3.05) is 13.2 Å². The number of carbonyl (C=O) groups is 4. The van der Waals surface area contributed by atoms with Gasteiger partial charge in [-0.3, -0.25) is 28.5 Å². The molecule has 12 atom stereocenters. The highest BCUT2D eigenvalue weighted by atomic mass is 32.2. The SMILES string of the molecule is CCOC(=O)[C@@H]1C2CCC(C2)[C@@H]1NC(=O)c1nn(C2CCCCC2)c2c1CCCCC2Cc1ccc(F)cc1.CCOC(=O)[C@@H]1C2CCC(C2)[C@@H]1NC(=O)c1nn(C2CCCCC2)c2c1CCCCC2Cc1cccc(F)c1.C[C@H](NS(=O)(=O)/C=C/c1nn(-c2ccc(F)cc2F)c2c1CCCCC2Cc1ccc(F)cc1)c1ccccc1. The van der Waals surface area contributed by atoms with Gasteiger partial charge in [-0.1, -0.05) is 125 Å². The van der Waals surface area contributed by atoms with Gasteiger partial charge in [0.15, 0.2) is 17.2 Å². The Labute approximate surface area is 690 Å². The smallest absolute Gasteiger partial charge is 0.311 e. The van der Waals surface area contributed by atoms with Crippen LogP contribution < -0.4 is 15.4 Å². The quantitative estimate of drug-likeness (QED) is 0.0330. The zero-order valence-corrected chi connectivity index (χ0v) is 69.2. The molecule has 4 bridgehead atoms. The molecule has 0 saturated heterocycles. The second kappa shape index (κ2) is 38.1. The van der Waals surface area contributed by atoms with Crippen molar-refractivity contribution in [1.82, 2.24) is 44.7 Å². The number of nitrogens with one attached hydrogen (secondary N) is 3. The third-order valence-electron chi connectivity index (χ3n) is 27.2. The predicted molar refractivity (Wildman–Crippen MR) is 444 cm³/mol. The summed E-state index contributed by atoms with van der Waals surface area (Å²) in [7, 11) is -3.84. The van der Waals surface area contributed by atoms with Gasteiger partial charge in [0.05, 0.1) is 48.5 Å². The monoisotopic (exact) mass is 1640 g/mol. The maximum absolute atomic E-state index is 15.0. The number of aromatic nitrogens is 6. The van der Waals surface area contributed by atoms with Gasteiger partial charge in [0, 0.05) is 75.4 Å². The summed E-state index contributed by atoms with van der Waals surface area (Å²) in [6.07, 6.45) is 32.5. The van der Waals surface area contributed by atoms with E-state index >= 15 is 4.39 Å². The van der Waals surface area contributed by atoms with E-state index in [0.717, 1.165) is 204 Å². The number of sulfonamides is 1. The second-order valence-corrected chi connectivity index (χ2v) is 36.4. The maximum Gasteiger partial charge on any atom is 0.311 e. The van der Waals surface area contributed by atoms with E-state index in [1.165, 1.54) is 91.0 Å². The third-order valence-corrected chi connectivity index (χ3v) is 28.3. The zero-order chi connectivity index (χ0) is 82.1. The largest absolute Gasteiger partial charge is 0.466 e. The molecule has 9 aliphatic carbocycles. The van der Waals surface area contributed by atoms with Crippen molar-refractivity contribution >= 4 is 39.9 Å². The highest BCUT2D eigenvalue weighted by molar-refractivity contribution is 7.92. The number of rotatable bonds is 22. The number of benzene rings is 5. The summed E-state index contributed by atoms with van der Waals surface area (Å²) in [6.45, 7) is 6.17. The van der Waals surface area contributed by atoms with Crippen LogP contribution in [0.4, 0.5) is 22.0 Å². The summed E-state index contributed by atoms with van der Waals surface area (Å²) in [6, 6.07) is 32.4. The summed E-state index contributed by atoms with van der Waals surface area (Å²) in [5.74, 6) is -1.70. The van der Waals surface area contributed by atoms with Crippen molar-refractivity contribution in [2.24, 2.45) is 35.5 Å². The number of carbonyl (C=O) groups excluding carboxylic acids is 4. The van der Waals surface area contributed by atoms with Gasteiger partial charge >= 0.3 is 11.9 Å². The number of ether oxygens (including phenoxy) is 2. The second-order valence-electron chi connectivity index (χ2n) is 34.8. The number of hydrogen-bond donors (Lipinski definition) is 3. The van der Waals surface area contributed by atoms with Crippen LogP contribution in [-0.2, 0) is 67.6 Å². The molecule has 0 spiro atoms. The maximum atomic E-state index is 15.0. The van der Waals surface area contributed by atoms with Gasteiger partial charge < -0.3 is 20.1 Å². The van der Waals surface area contributed by atoms with Gasteiger partial charge in [-0.15, -0.1) is 0 Å². The van der Waals surface area contributed by atoms with Crippen LogP contribution >= 0.6 is 0 Å². The Bertz CT molecular complexity index is 4980. The van der Waals surface area contributed by atoms with Gasteiger partial charge in [-0.05, 0) is 263 Å². The van der Waals surface area contributed by atoms with E-state index < -0.39 is 27.7 Å². The first-order valence-electron chi connectivity index (χ1n) is 44.0. The summed E-state index contributed by atoms with van der Waals surface area (Å²) in [5, 5.41) is 22.6. The van der Waals surface area contributed by atoms with E-state index in [0.29, 0.717) is 78.9 Å². The van der Waals surface area contributed by atoms with Crippen molar-refractivity contribution in [3.8, 4) is 5.69 Å². The third kappa shape index (κ3) is 19.2. The van der Waals surface area contributed by atoms with Crippen LogP contribution in [0.1, 0.15) is 300 Å². The van der Waals surface area contributed by atoms with Gasteiger partial charge in [0.1, 0.15) is 29.0 Å². The van der Waals surface area contributed by atoms with Crippen molar-refractivity contribution < 1.29 is 59.0 Å². The molecule has 17 nitrogen and oxygen atoms in total. The number of halogens is 5. The van der Waals surface area contributed by atoms with Crippen LogP contribution in [0.15, 0.2) is 127 Å². The Kier molecular flexibility index (Phi) is 27.1. The standard InChI is InChI=1S/2C32H42FN3O3.C31H30F3N3O2S/c1-2-39-32(38)27-21-15-16-22(19-21)28(27)34-31(37)29-26-14-7-6-10-23(17-20-9-8-11-24(33)18-20)30(26)36(35-29)25-12-4-3-5-13-25;1-2-39-32(38)27-21-14-15-22(19-21)28(27)34-31(37)29-26-11-7-6-8-23(18-20-12-16-24(33)17-13-20)30(26)36(35-29)25-9-4-3-5-10-25;1-21(23-7-3-2-4-8-23)36-40(38,39)18-17-29-27-10-6-5-9-24(19-22-11-13-25(32)14-12-22)31(27)37(35-29)30-16-15-26(33)20-28(30)34/h8-9,11,18,21-23,25,27-28H,2-7,10,12-17,19H2,1H3,(H,34,37);12-13,16-17,21-23,25,27-28H,2-11,14-15,18-19H2,1H3,(H,34,37);2-4,7-8,11-18,20-21,24,36H,5-6,9-10,19H2,1H3/b;;18-17+/t2*21?,22?,23?,27-,28+;21-,24?/m110/s1. The summed E-state index contributed by atoms with van der Waals surface area (Å²) >= 11 is 0. The lowest BCUT2D eigenvalue weighted by molar-refractivity contribution is -0.151. The molecule has 17 rings (SSSR count). The van der Waals surface area contributed by atoms with Crippen molar-refractivity contribution in [2.45, 2.75) is 268 Å². The average molecular weight is 1640 g/mol. The molecule has 0 radical (unpaired) electrons. The molecule has 3 heterocycles. The van der Waals surface area contributed by atoms with Crippen molar-refractivity contribution in [1.29, 1.82) is 0 Å². The van der Waals surface area contributed by atoms with E-state index in [4.69, 9.17) is 19.7 Å². The molecule has 118 heavy (non-hydrogen) atoms. The van der Waals surface area contributed by atoms with Crippen LogP contribution in [0.5, 0.6) is 0 Å². The van der Waals surface area contributed by atoms with Gasteiger partial charge in [-0.2, -0.15) is 15.3 Å². The number of fused-ring (bicyclic) bond motifs is 7. The first-order chi connectivity index (χ1) is 57.3. The molecule has 3 N–H and O–H groups in total. The zero-order valence-electron chi connectivity index (χ0n) is 68.4. The molecule has 2 amide bonds. The van der Waals surface area contributed by atoms with Crippen LogP contribution in [0.3, 0.4) is 0 Å². The van der Waals surface area contributed by atoms with Crippen molar-refractivity contribution in [3.63, 3.8) is 0 Å². The Morgan fingerprint density at radius 2 is 0.924 bits per heavy atom.